The zero-order chi connectivity index (χ0) is 17.0. The van der Waals surface area contributed by atoms with Crippen molar-refractivity contribution in [2.75, 3.05) is 11.6 Å². The second kappa shape index (κ2) is 5.30. The molecule has 0 spiro atoms. The van der Waals surface area contributed by atoms with E-state index in [1.165, 1.54) is 16.7 Å². The van der Waals surface area contributed by atoms with E-state index in [-0.39, 0.29) is 48.1 Å². The smallest absolute Gasteiger partial charge is 0.235 e. The van der Waals surface area contributed by atoms with Gasteiger partial charge in [-0.3, -0.25) is 24.2 Å². The minimum Gasteiger partial charge on any atom is -0.294 e. The number of aryl methyl sites for hydroxylation is 1. The van der Waals surface area contributed by atoms with Crippen LogP contribution in [0.25, 0.3) is 0 Å². The summed E-state index contributed by atoms with van der Waals surface area (Å²) >= 11 is 0. The highest BCUT2D eigenvalue weighted by Gasteiger charge is 2.59. The first-order chi connectivity index (χ1) is 11.5. The fourth-order valence-corrected chi connectivity index (χ4v) is 4.33. The first-order valence-corrected chi connectivity index (χ1v) is 8.35. The highest BCUT2D eigenvalue weighted by Crippen LogP contribution is 2.52. The molecule has 24 heavy (non-hydrogen) atoms. The molecule has 4 atom stereocenters. The third kappa shape index (κ3) is 2.11. The van der Waals surface area contributed by atoms with Crippen molar-refractivity contribution in [2.45, 2.75) is 20.3 Å². The van der Waals surface area contributed by atoms with E-state index < -0.39 is 0 Å². The Labute approximate surface area is 140 Å². The van der Waals surface area contributed by atoms with Crippen LogP contribution in [0.1, 0.15) is 18.9 Å². The number of carbonyl (C=O) groups is 3. The largest absolute Gasteiger partial charge is 0.294 e. The minimum atomic E-state index is -0.223. The number of benzene rings is 1. The Bertz CT molecular complexity index is 722. The second-order valence-corrected chi connectivity index (χ2v) is 7.03. The fourth-order valence-electron chi connectivity index (χ4n) is 4.33. The molecule has 3 aliphatic rings. The lowest BCUT2D eigenvalue weighted by Gasteiger charge is -2.27. The molecular formula is C19H20N2O3. The quantitative estimate of drug-likeness (QED) is 0.632. The van der Waals surface area contributed by atoms with Gasteiger partial charge in [0.05, 0.1) is 11.8 Å². The summed E-state index contributed by atoms with van der Waals surface area (Å²) in [6, 6.07) is 7.51. The minimum absolute atomic E-state index is 0.00248. The normalized spacial score (nSPS) is 30.2. The van der Waals surface area contributed by atoms with Crippen LogP contribution in [0.5, 0.6) is 0 Å². The van der Waals surface area contributed by atoms with Gasteiger partial charge in [-0.25, -0.2) is 0 Å². The highest BCUT2D eigenvalue weighted by atomic mass is 16.2. The molecule has 1 heterocycles. The van der Waals surface area contributed by atoms with E-state index in [9.17, 15) is 14.4 Å². The molecule has 2 bridgehead atoms. The van der Waals surface area contributed by atoms with Crippen molar-refractivity contribution >= 4 is 23.4 Å². The Kier molecular flexibility index (Phi) is 3.34. The summed E-state index contributed by atoms with van der Waals surface area (Å²) in [4.78, 5) is 40.4. The van der Waals surface area contributed by atoms with E-state index in [0.717, 1.165) is 12.0 Å². The van der Waals surface area contributed by atoms with E-state index in [1.807, 2.05) is 31.2 Å². The van der Waals surface area contributed by atoms with Crippen LogP contribution in [0.2, 0.25) is 0 Å². The fraction of sp³-hybridized carbons (Fsp3) is 0.421. The van der Waals surface area contributed by atoms with Crippen molar-refractivity contribution in [3.8, 4) is 0 Å². The Hall–Kier alpha value is -2.43. The van der Waals surface area contributed by atoms with Crippen molar-refractivity contribution in [1.82, 2.24) is 4.90 Å². The molecule has 5 nitrogen and oxygen atoms in total. The molecule has 0 unspecified atom stereocenters. The number of allylic oxidation sites excluding steroid dienone is 2. The average molecular weight is 324 g/mol. The first-order valence-electron chi connectivity index (χ1n) is 8.35. The van der Waals surface area contributed by atoms with Gasteiger partial charge in [0.2, 0.25) is 17.7 Å². The van der Waals surface area contributed by atoms with Crippen molar-refractivity contribution in [3.05, 3.63) is 42.0 Å². The van der Waals surface area contributed by atoms with Crippen LogP contribution < -0.4 is 4.90 Å². The van der Waals surface area contributed by atoms with Gasteiger partial charge in [0, 0.05) is 12.6 Å². The molecule has 0 aromatic heterocycles. The number of imide groups is 1. The average Bonchev–Trinajstić information content (AvgIpc) is 3.22. The molecule has 1 saturated carbocycles. The zero-order valence-corrected chi connectivity index (χ0v) is 13.8. The maximum Gasteiger partial charge on any atom is 0.235 e. The molecule has 2 aliphatic carbocycles. The standard InChI is InChI=1S/C19H20N2O3/c1-11-3-7-15(8-4-11)20(12(2)22)10-21-18(23)16-13-5-6-14(9-13)17(16)19(21)24/h3-8,13-14,16-17H,9-10H2,1-2H3/t13-,14+,16+,17-. The first kappa shape index (κ1) is 15.1. The molecule has 5 heteroatoms. The predicted molar refractivity (Wildman–Crippen MR) is 88.8 cm³/mol. The summed E-state index contributed by atoms with van der Waals surface area (Å²) in [5, 5.41) is 0. The van der Waals surface area contributed by atoms with E-state index in [2.05, 4.69) is 12.2 Å². The second-order valence-electron chi connectivity index (χ2n) is 7.03. The van der Waals surface area contributed by atoms with Crippen LogP contribution in [0.3, 0.4) is 0 Å². The van der Waals surface area contributed by atoms with E-state index >= 15 is 0 Å². The van der Waals surface area contributed by atoms with E-state index in [0.29, 0.717) is 5.69 Å². The van der Waals surface area contributed by atoms with E-state index in [1.54, 1.807) is 0 Å². The van der Waals surface area contributed by atoms with Gasteiger partial charge in [0.25, 0.3) is 0 Å². The highest BCUT2D eigenvalue weighted by molar-refractivity contribution is 6.07. The van der Waals surface area contributed by atoms with Crippen molar-refractivity contribution in [1.29, 1.82) is 0 Å². The maximum atomic E-state index is 12.8. The van der Waals surface area contributed by atoms with Crippen LogP contribution >= 0.6 is 0 Å². The van der Waals surface area contributed by atoms with Crippen LogP contribution in [0.15, 0.2) is 36.4 Å². The molecule has 2 fully saturated rings. The summed E-state index contributed by atoms with van der Waals surface area (Å²) in [6.07, 6.45) is 5.06. The maximum absolute atomic E-state index is 12.8. The van der Waals surface area contributed by atoms with Gasteiger partial charge in [0.15, 0.2) is 0 Å². The van der Waals surface area contributed by atoms with Gasteiger partial charge < -0.3 is 0 Å². The van der Waals surface area contributed by atoms with Crippen LogP contribution in [-0.2, 0) is 14.4 Å². The Balaban J connectivity index is 1.60. The summed E-state index contributed by atoms with van der Waals surface area (Å²) in [5.41, 5.74) is 1.79. The third-order valence-electron chi connectivity index (χ3n) is 5.57. The summed E-state index contributed by atoms with van der Waals surface area (Å²) in [6.45, 7) is 3.43. The summed E-state index contributed by atoms with van der Waals surface area (Å²) in [5.74, 6) is -0.505. The molecule has 4 rings (SSSR count). The predicted octanol–water partition coefficient (Wildman–Crippen LogP) is 2.11. The number of rotatable bonds is 3. The topological polar surface area (TPSA) is 57.7 Å². The van der Waals surface area contributed by atoms with Crippen molar-refractivity contribution in [2.24, 2.45) is 23.7 Å². The number of hydrogen-bond donors (Lipinski definition) is 0. The zero-order valence-electron chi connectivity index (χ0n) is 13.8. The number of fused-ring (bicyclic) bond motifs is 5. The van der Waals surface area contributed by atoms with Crippen LogP contribution in [0, 0.1) is 30.6 Å². The van der Waals surface area contributed by atoms with Gasteiger partial charge in [-0.2, -0.15) is 0 Å². The molecule has 1 aromatic rings. The van der Waals surface area contributed by atoms with Gasteiger partial charge in [-0.05, 0) is 37.3 Å². The lowest BCUT2D eigenvalue weighted by Crippen LogP contribution is -2.44. The molecule has 1 saturated heterocycles. The van der Waals surface area contributed by atoms with Crippen molar-refractivity contribution < 1.29 is 14.4 Å². The lowest BCUT2D eigenvalue weighted by molar-refractivity contribution is -0.140. The molecule has 124 valence electrons. The number of likely N-dealkylation sites (tertiary alicyclic amines) is 1. The van der Waals surface area contributed by atoms with Crippen LogP contribution in [0.4, 0.5) is 5.69 Å². The number of nitrogens with zero attached hydrogens (tertiary/aromatic N) is 2. The third-order valence-corrected chi connectivity index (χ3v) is 5.57. The van der Waals surface area contributed by atoms with Gasteiger partial charge in [0.1, 0.15) is 6.67 Å². The van der Waals surface area contributed by atoms with Gasteiger partial charge in [-0.1, -0.05) is 29.8 Å². The number of anilines is 1. The number of carbonyl (C=O) groups excluding carboxylic acids is 3. The molecule has 1 aliphatic heterocycles. The lowest BCUT2D eigenvalue weighted by atomic mass is 9.85. The van der Waals surface area contributed by atoms with Gasteiger partial charge >= 0.3 is 0 Å². The van der Waals surface area contributed by atoms with Crippen LogP contribution in [-0.4, -0.2) is 29.3 Å². The Morgan fingerprint density at radius 1 is 1.08 bits per heavy atom. The molecular weight excluding hydrogens is 304 g/mol. The van der Waals surface area contributed by atoms with E-state index in [4.69, 9.17) is 0 Å². The molecule has 3 amide bonds. The Morgan fingerprint density at radius 3 is 2.12 bits per heavy atom. The van der Waals surface area contributed by atoms with Gasteiger partial charge in [-0.15, -0.1) is 0 Å². The monoisotopic (exact) mass is 324 g/mol. The molecule has 0 N–H and O–H groups in total. The number of hydrogen-bond acceptors (Lipinski definition) is 3. The SMILES string of the molecule is CC(=O)N(CN1C(=O)[C@@H]2[C@H](C1=O)[C@H]1C=C[C@@H]2C1)c1ccc(C)cc1. The molecule has 1 aromatic carbocycles. The summed E-state index contributed by atoms with van der Waals surface area (Å²) < 4.78 is 0. The van der Waals surface area contributed by atoms with Crippen molar-refractivity contribution in [3.63, 3.8) is 0 Å². The summed E-state index contributed by atoms with van der Waals surface area (Å²) in [7, 11) is 0. The molecule has 0 radical (unpaired) electrons. The Morgan fingerprint density at radius 2 is 1.62 bits per heavy atom. The number of amides is 3.